The number of aryl methyl sites for hydroxylation is 2. The van der Waals surface area contributed by atoms with E-state index in [2.05, 4.69) is 41.1 Å². The van der Waals surface area contributed by atoms with Crippen molar-refractivity contribution in [2.75, 3.05) is 43.2 Å². The standard InChI is InChI=1S/C19H29N3O/c1-14-11-18-19(12-15(14)2)22(13-20-18)17-3-7-21(8-4-17)16-5-9-23-10-6-16/h11-12,16-17,20H,3-10,13H2,1-2H3. The average molecular weight is 315 g/mol. The maximum absolute atomic E-state index is 5.51. The van der Waals surface area contributed by atoms with Gasteiger partial charge in [-0.2, -0.15) is 0 Å². The second kappa shape index (κ2) is 6.33. The summed E-state index contributed by atoms with van der Waals surface area (Å²) in [6.07, 6.45) is 5.01. The first-order valence-electron chi connectivity index (χ1n) is 9.16. The molecule has 1 N–H and O–H groups in total. The molecule has 0 aliphatic carbocycles. The van der Waals surface area contributed by atoms with E-state index in [0.29, 0.717) is 6.04 Å². The second-order valence-corrected chi connectivity index (χ2v) is 7.37. The Labute approximate surface area is 139 Å². The van der Waals surface area contributed by atoms with Crippen molar-refractivity contribution in [3.05, 3.63) is 23.3 Å². The van der Waals surface area contributed by atoms with E-state index in [1.165, 1.54) is 61.3 Å². The van der Waals surface area contributed by atoms with Crippen LogP contribution in [0.3, 0.4) is 0 Å². The minimum Gasteiger partial charge on any atom is -0.381 e. The van der Waals surface area contributed by atoms with Crippen LogP contribution < -0.4 is 10.2 Å². The van der Waals surface area contributed by atoms with Gasteiger partial charge < -0.3 is 19.9 Å². The quantitative estimate of drug-likeness (QED) is 0.907. The fourth-order valence-electron chi connectivity index (χ4n) is 4.37. The van der Waals surface area contributed by atoms with Crippen LogP contribution in [0.15, 0.2) is 12.1 Å². The zero-order chi connectivity index (χ0) is 15.8. The lowest BCUT2D eigenvalue weighted by Crippen LogP contribution is -2.49. The molecule has 4 rings (SSSR count). The van der Waals surface area contributed by atoms with Crippen molar-refractivity contribution in [3.63, 3.8) is 0 Å². The molecular weight excluding hydrogens is 286 g/mol. The van der Waals surface area contributed by atoms with Gasteiger partial charge in [-0.05, 0) is 62.8 Å². The third-order valence-corrected chi connectivity index (χ3v) is 6.01. The number of hydrogen-bond acceptors (Lipinski definition) is 4. The van der Waals surface area contributed by atoms with Crippen LogP contribution in [0, 0.1) is 13.8 Å². The van der Waals surface area contributed by atoms with Crippen LogP contribution in [0.25, 0.3) is 0 Å². The van der Waals surface area contributed by atoms with Gasteiger partial charge >= 0.3 is 0 Å². The molecule has 2 fully saturated rings. The van der Waals surface area contributed by atoms with Crippen LogP contribution in [0.1, 0.15) is 36.8 Å². The Morgan fingerprint density at radius 1 is 0.957 bits per heavy atom. The summed E-state index contributed by atoms with van der Waals surface area (Å²) < 4.78 is 5.51. The summed E-state index contributed by atoms with van der Waals surface area (Å²) in [5, 5.41) is 3.59. The van der Waals surface area contributed by atoms with E-state index in [-0.39, 0.29) is 0 Å². The number of rotatable bonds is 2. The third-order valence-electron chi connectivity index (χ3n) is 6.01. The van der Waals surface area contributed by atoms with E-state index >= 15 is 0 Å². The monoisotopic (exact) mass is 315 g/mol. The zero-order valence-corrected chi connectivity index (χ0v) is 14.5. The van der Waals surface area contributed by atoms with Crippen LogP contribution >= 0.6 is 0 Å². The summed E-state index contributed by atoms with van der Waals surface area (Å²) >= 11 is 0. The highest BCUT2D eigenvalue weighted by Gasteiger charge is 2.32. The molecule has 0 atom stereocenters. The largest absolute Gasteiger partial charge is 0.381 e. The predicted molar refractivity (Wildman–Crippen MR) is 95.3 cm³/mol. The first kappa shape index (κ1) is 15.3. The van der Waals surface area contributed by atoms with Crippen molar-refractivity contribution in [2.24, 2.45) is 0 Å². The lowest BCUT2D eigenvalue weighted by Gasteiger charge is -2.42. The SMILES string of the molecule is Cc1cc2c(cc1C)N(C1CCN(C3CCOCC3)CC1)CN2. The first-order chi connectivity index (χ1) is 11.2. The van der Waals surface area contributed by atoms with Crippen LogP contribution in [0.2, 0.25) is 0 Å². The van der Waals surface area contributed by atoms with E-state index in [0.717, 1.165) is 25.9 Å². The Kier molecular flexibility index (Phi) is 4.20. The zero-order valence-electron chi connectivity index (χ0n) is 14.5. The topological polar surface area (TPSA) is 27.7 Å². The molecule has 126 valence electrons. The summed E-state index contributed by atoms with van der Waals surface area (Å²) in [7, 11) is 0. The Morgan fingerprint density at radius 3 is 2.39 bits per heavy atom. The maximum atomic E-state index is 5.51. The molecule has 0 unspecified atom stereocenters. The van der Waals surface area contributed by atoms with Gasteiger partial charge in [-0.1, -0.05) is 0 Å². The molecule has 1 aromatic rings. The van der Waals surface area contributed by atoms with Crippen molar-refractivity contribution in [1.82, 2.24) is 4.90 Å². The summed E-state index contributed by atoms with van der Waals surface area (Å²) in [4.78, 5) is 5.31. The number of ether oxygens (including phenoxy) is 1. The number of nitrogens with one attached hydrogen (secondary N) is 1. The van der Waals surface area contributed by atoms with Gasteiger partial charge in [-0.15, -0.1) is 0 Å². The van der Waals surface area contributed by atoms with Gasteiger partial charge in [0.2, 0.25) is 0 Å². The molecular formula is C19H29N3O. The van der Waals surface area contributed by atoms with Crippen LogP contribution in [0.4, 0.5) is 11.4 Å². The molecule has 2 saturated heterocycles. The number of anilines is 2. The minimum absolute atomic E-state index is 0.682. The minimum atomic E-state index is 0.682. The van der Waals surface area contributed by atoms with Gasteiger partial charge in [0.05, 0.1) is 18.0 Å². The average Bonchev–Trinajstić information content (AvgIpc) is 2.99. The van der Waals surface area contributed by atoms with E-state index < -0.39 is 0 Å². The smallest absolute Gasteiger partial charge is 0.0880 e. The summed E-state index contributed by atoms with van der Waals surface area (Å²) in [5.41, 5.74) is 5.52. The summed E-state index contributed by atoms with van der Waals surface area (Å²) in [6, 6.07) is 6.12. The second-order valence-electron chi connectivity index (χ2n) is 7.37. The molecule has 4 nitrogen and oxygen atoms in total. The lowest BCUT2D eigenvalue weighted by atomic mass is 9.98. The van der Waals surface area contributed by atoms with E-state index in [1.807, 2.05) is 0 Å². The molecule has 23 heavy (non-hydrogen) atoms. The molecule has 0 radical (unpaired) electrons. The summed E-state index contributed by atoms with van der Waals surface area (Å²) in [6.45, 7) is 9.78. The third kappa shape index (κ3) is 2.94. The molecule has 0 amide bonds. The highest BCUT2D eigenvalue weighted by molar-refractivity contribution is 5.77. The van der Waals surface area contributed by atoms with Crippen molar-refractivity contribution < 1.29 is 4.74 Å². The number of nitrogens with zero attached hydrogens (tertiary/aromatic N) is 2. The molecule has 3 heterocycles. The molecule has 0 bridgehead atoms. The Bertz CT molecular complexity index is 560. The Balaban J connectivity index is 1.41. The van der Waals surface area contributed by atoms with Crippen LogP contribution in [-0.2, 0) is 4.74 Å². The Morgan fingerprint density at radius 2 is 1.65 bits per heavy atom. The van der Waals surface area contributed by atoms with Crippen molar-refractivity contribution in [1.29, 1.82) is 0 Å². The fraction of sp³-hybridized carbons (Fsp3) is 0.684. The van der Waals surface area contributed by atoms with Crippen LogP contribution in [0.5, 0.6) is 0 Å². The molecule has 3 aliphatic rings. The highest BCUT2D eigenvalue weighted by Crippen LogP contribution is 2.37. The molecule has 0 spiro atoms. The van der Waals surface area contributed by atoms with Crippen molar-refractivity contribution >= 4 is 11.4 Å². The fourth-order valence-corrected chi connectivity index (χ4v) is 4.37. The van der Waals surface area contributed by atoms with Crippen molar-refractivity contribution in [2.45, 2.75) is 51.6 Å². The Hall–Kier alpha value is -1.26. The molecule has 1 aromatic carbocycles. The highest BCUT2D eigenvalue weighted by atomic mass is 16.5. The maximum Gasteiger partial charge on any atom is 0.0880 e. The number of hydrogen-bond donors (Lipinski definition) is 1. The molecule has 0 aromatic heterocycles. The molecule has 4 heteroatoms. The number of benzene rings is 1. The first-order valence-corrected chi connectivity index (χ1v) is 9.16. The van der Waals surface area contributed by atoms with Gasteiger partial charge in [0.25, 0.3) is 0 Å². The van der Waals surface area contributed by atoms with Gasteiger partial charge in [0, 0.05) is 38.4 Å². The lowest BCUT2D eigenvalue weighted by molar-refractivity contribution is 0.0252. The normalized spacial score (nSPS) is 23.8. The molecule has 3 aliphatic heterocycles. The summed E-state index contributed by atoms with van der Waals surface area (Å²) in [5.74, 6) is 0. The predicted octanol–water partition coefficient (Wildman–Crippen LogP) is 3.14. The van der Waals surface area contributed by atoms with E-state index in [4.69, 9.17) is 4.74 Å². The van der Waals surface area contributed by atoms with Crippen LogP contribution in [-0.4, -0.2) is 50.0 Å². The van der Waals surface area contributed by atoms with Gasteiger partial charge in [-0.25, -0.2) is 0 Å². The van der Waals surface area contributed by atoms with Gasteiger partial charge in [-0.3, -0.25) is 0 Å². The van der Waals surface area contributed by atoms with Gasteiger partial charge in [0.15, 0.2) is 0 Å². The van der Waals surface area contributed by atoms with Gasteiger partial charge in [0.1, 0.15) is 0 Å². The number of likely N-dealkylation sites (tertiary alicyclic amines) is 1. The van der Waals surface area contributed by atoms with Crippen molar-refractivity contribution in [3.8, 4) is 0 Å². The van der Waals surface area contributed by atoms with E-state index in [9.17, 15) is 0 Å². The van der Waals surface area contributed by atoms with E-state index in [1.54, 1.807) is 0 Å². The number of fused-ring (bicyclic) bond motifs is 1. The molecule has 0 saturated carbocycles. The number of piperidine rings is 1.